The van der Waals surface area contributed by atoms with Gasteiger partial charge in [-0.25, -0.2) is 15.0 Å². The quantitative estimate of drug-likeness (QED) is 0.264. The van der Waals surface area contributed by atoms with Crippen molar-refractivity contribution in [3.63, 3.8) is 0 Å². The lowest BCUT2D eigenvalue weighted by molar-refractivity contribution is 0.127. The molecule has 3 heterocycles. The van der Waals surface area contributed by atoms with E-state index in [0.717, 1.165) is 24.0 Å². The first kappa shape index (κ1) is 28.5. The fourth-order valence-corrected chi connectivity index (χ4v) is 3.83. The maximum atomic E-state index is 13.5. The van der Waals surface area contributed by atoms with Crippen molar-refractivity contribution < 1.29 is 14.6 Å². The minimum atomic E-state index is -0.218. The van der Waals surface area contributed by atoms with Gasteiger partial charge in [-0.2, -0.15) is 0 Å². The second-order valence-corrected chi connectivity index (χ2v) is 9.87. The van der Waals surface area contributed by atoms with E-state index in [2.05, 4.69) is 46.4 Å². The van der Waals surface area contributed by atoms with E-state index < -0.39 is 0 Å². The number of hydrogen-bond donors (Lipinski definition) is 3. The Balaban J connectivity index is 1.90. The summed E-state index contributed by atoms with van der Waals surface area (Å²) in [4.78, 5) is 27.0. The van der Waals surface area contributed by atoms with Crippen molar-refractivity contribution in [3.05, 3.63) is 40.9 Å². The predicted molar refractivity (Wildman–Crippen MR) is 146 cm³/mol. The number of ether oxygens (including phenoxy) is 2. The predicted octanol–water partition coefficient (Wildman–Crippen LogP) is 3.09. The molecular formula is C27H40N6O4. The molecule has 0 fully saturated rings. The Labute approximate surface area is 218 Å². The van der Waals surface area contributed by atoms with E-state index >= 15 is 0 Å². The fraction of sp³-hybridized carbons (Fsp3) is 0.556. The lowest BCUT2D eigenvalue weighted by Gasteiger charge is -2.28. The molecule has 0 aliphatic heterocycles. The van der Waals surface area contributed by atoms with Crippen LogP contribution in [0.2, 0.25) is 0 Å². The molecule has 10 heteroatoms. The normalized spacial score (nSPS) is 12.6. The van der Waals surface area contributed by atoms with E-state index in [1.54, 1.807) is 30.1 Å². The van der Waals surface area contributed by atoms with Crippen molar-refractivity contribution in [1.29, 1.82) is 0 Å². The van der Waals surface area contributed by atoms with E-state index in [0.29, 0.717) is 49.9 Å². The first-order valence-corrected chi connectivity index (χ1v) is 12.9. The van der Waals surface area contributed by atoms with Crippen LogP contribution in [0.5, 0.6) is 5.88 Å². The minimum absolute atomic E-state index is 0.0534. The molecule has 1 atom stereocenters. The molecule has 0 bridgehead atoms. The van der Waals surface area contributed by atoms with E-state index in [1.807, 2.05) is 19.1 Å². The third-order valence-corrected chi connectivity index (χ3v) is 6.21. The van der Waals surface area contributed by atoms with Gasteiger partial charge in [0.05, 0.1) is 25.8 Å². The van der Waals surface area contributed by atoms with Gasteiger partial charge in [0.2, 0.25) is 5.88 Å². The van der Waals surface area contributed by atoms with Gasteiger partial charge in [-0.05, 0) is 30.4 Å². The van der Waals surface area contributed by atoms with Crippen molar-refractivity contribution in [2.45, 2.75) is 53.1 Å². The number of aliphatic hydroxyl groups is 1. The number of aliphatic hydroxyl groups excluding tert-OH is 1. The number of aromatic nitrogens is 4. The van der Waals surface area contributed by atoms with Gasteiger partial charge >= 0.3 is 0 Å². The van der Waals surface area contributed by atoms with Gasteiger partial charge in [0.25, 0.3) is 5.56 Å². The van der Waals surface area contributed by atoms with Crippen LogP contribution >= 0.6 is 0 Å². The highest BCUT2D eigenvalue weighted by atomic mass is 16.5. The molecule has 0 aromatic carbocycles. The largest absolute Gasteiger partial charge is 0.481 e. The van der Waals surface area contributed by atoms with Crippen molar-refractivity contribution in [1.82, 2.24) is 24.8 Å². The average molecular weight is 513 g/mol. The zero-order valence-corrected chi connectivity index (χ0v) is 22.6. The molecule has 0 spiro atoms. The molecule has 3 aromatic heterocycles. The molecule has 0 unspecified atom stereocenters. The van der Waals surface area contributed by atoms with Gasteiger partial charge in [0.15, 0.2) is 11.5 Å². The first-order valence-electron chi connectivity index (χ1n) is 12.9. The van der Waals surface area contributed by atoms with Crippen LogP contribution in [-0.4, -0.2) is 70.7 Å². The molecule has 3 aromatic rings. The number of anilines is 1. The number of hydrogen-bond acceptors (Lipinski definition) is 9. The van der Waals surface area contributed by atoms with Gasteiger partial charge in [-0.1, -0.05) is 27.7 Å². The summed E-state index contributed by atoms with van der Waals surface area (Å²) < 4.78 is 12.5. The van der Waals surface area contributed by atoms with Gasteiger partial charge in [0, 0.05) is 61.9 Å². The SMILES string of the molecule is CCCOCCn1c(=O)c(NCC(C)(C)CN[C@@H](CC)CO)nc2ncc(-c3ccc(OC)nc3)cc21. The summed E-state index contributed by atoms with van der Waals surface area (Å²) in [5.41, 5.74) is 2.41. The second kappa shape index (κ2) is 13.5. The van der Waals surface area contributed by atoms with Gasteiger partial charge < -0.3 is 25.2 Å². The Morgan fingerprint density at radius 1 is 1.11 bits per heavy atom. The third-order valence-electron chi connectivity index (χ3n) is 6.21. The van der Waals surface area contributed by atoms with E-state index in [9.17, 15) is 9.90 Å². The smallest absolute Gasteiger partial charge is 0.293 e. The van der Waals surface area contributed by atoms with E-state index in [4.69, 9.17) is 9.47 Å². The molecule has 0 radical (unpaired) electrons. The number of pyridine rings is 2. The van der Waals surface area contributed by atoms with Crippen LogP contribution in [0.1, 0.15) is 40.5 Å². The Bertz CT molecular complexity index is 1190. The summed E-state index contributed by atoms with van der Waals surface area (Å²) in [6.45, 7) is 11.0. The maximum Gasteiger partial charge on any atom is 0.293 e. The Morgan fingerprint density at radius 3 is 2.54 bits per heavy atom. The van der Waals surface area contributed by atoms with Crippen LogP contribution in [0.25, 0.3) is 22.3 Å². The highest BCUT2D eigenvalue weighted by Crippen LogP contribution is 2.23. The van der Waals surface area contributed by atoms with Gasteiger partial charge in [-0.15, -0.1) is 0 Å². The van der Waals surface area contributed by atoms with Crippen molar-refractivity contribution in [2.75, 3.05) is 45.3 Å². The third kappa shape index (κ3) is 7.70. The molecule has 37 heavy (non-hydrogen) atoms. The van der Waals surface area contributed by atoms with Crippen molar-refractivity contribution in [2.24, 2.45) is 5.41 Å². The summed E-state index contributed by atoms with van der Waals surface area (Å²) in [5.74, 6) is 0.788. The zero-order chi connectivity index (χ0) is 26.8. The molecule has 3 rings (SSSR count). The summed E-state index contributed by atoms with van der Waals surface area (Å²) in [6, 6.07) is 5.66. The molecule has 202 valence electrons. The average Bonchev–Trinajstić information content (AvgIpc) is 2.91. The Morgan fingerprint density at radius 2 is 1.89 bits per heavy atom. The van der Waals surface area contributed by atoms with Gasteiger partial charge in [0.1, 0.15) is 0 Å². The molecule has 0 saturated carbocycles. The first-order chi connectivity index (χ1) is 17.8. The zero-order valence-electron chi connectivity index (χ0n) is 22.6. The topological polar surface area (TPSA) is 123 Å². The molecule has 0 aliphatic rings. The van der Waals surface area contributed by atoms with Crippen LogP contribution in [0.15, 0.2) is 35.4 Å². The monoisotopic (exact) mass is 512 g/mol. The molecule has 0 aliphatic carbocycles. The number of methoxy groups -OCH3 is 1. The van der Waals surface area contributed by atoms with E-state index in [-0.39, 0.29) is 29.4 Å². The number of fused-ring (bicyclic) bond motifs is 1. The molecule has 0 amide bonds. The minimum Gasteiger partial charge on any atom is -0.481 e. The molecule has 3 N–H and O–H groups in total. The van der Waals surface area contributed by atoms with Crippen molar-refractivity contribution in [3.8, 4) is 17.0 Å². The summed E-state index contributed by atoms with van der Waals surface area (Å²) in [7, 11) is 1.57. The standard InChI is InChI=1S/C27H40N6O4/c1-6-11-37-12-10-33-22-13-20(19-8-9-23(36-5)28-14-19)15-29-24(22)32-25(26(33)35)31-18-27(3,4)17-30-21(7-2)16-34/h8-9,13-15,21,30,34H,6-7,10-12,16-18H2,1-5H3,(H,29,31,32)/t21-/m0/s1. The van der Waals surface area contributed by atoms with Gasteiger partial charge in [-0.3, -0.25) is 9.36 Å². The highest BCUT2D eigenvalue weighted by molar-refractivity contribution is 5.78. The van der Waals surface area contributed by atoms with Crippen LogP contribution < -0.4 is 20.9 Å². The number of nitrogens with one attached hydrogen (secondary N) is 2. The highest BCUT2D eigenvalue weighted by Gasteiger charge is 2.21. The Kier molecular flexibility index (Phi) is 10.4. The molecule has 10 nitrogen and oxygen atoms in total. The van der Waals surface area contributed by atoms with Crippen LogP contribution in [0.4, 0.5) is 5.82 Å². The van der Waals surface area contributed by atoms with Crippen LogP contribution in [-0.2, 0) is 11.3 Å². The summed E-state index contributed by atoms with van der Waals surface area (Å²) in [5, 5.41) is 16.1. The Hall–Kier alpha value is -3.08. The lowest BCUT2D eigenvalue weighted by atomic mass is 9.93. The van der Waals surface area contributed by atoms with Crippen LogP contribution in [0, 0.1) is 5.41 Å². The molecular weight excluding hydrogens is 472 g/mol. The summed E-state index contributed by atoms with van der Waals surface area (Å²) >= 11 is 0. The fourth-order valence-electron chi connectivity index (χ4n) is 3.83. The van der Waals surface area contributed by atoms with E-state index in [1.165, 1.54) is 0 Å². The van der Waals surface area contributed by atoms with Crippen LogP contribution in [0.3, 0.4) is 0 Å². The maximum absolute atomic E-state index is 13.5. The number of nitrogens with zero attached hydrogens (tertiary/aromatic N) is 4. The second-order valence-electron chi connectivity index (χ2n) is 9.87. The summed E-state index contributed by atoms with van der Waals surface area (Å²) in [6.07, 6.45) is 5.21. The number of rotatable bonds is 15. The lowest BCUT2D eigenvalue weighted by Crippen LogP contribution is -2.42. The molecule has 0 saturated heterocycles. The van der Waals surface area contributed by atoms with Crippen molar-refractivity contribution >= 4 is 17.0 Å².